The molecule has 1 aromatic carbocycles. The average Bonchev–Trinajstić information content (AvgIpc) is 2.55. The maximum atomic E-state index is 10.9. The molecule has 1 aromatic rings. The average molecular weight is 294 g/mol. The highest BCUT2D eigenvalue weighted by Gasteiger charge is 2.12. The Hall–Kier alpha value is -2.87. The van der Waals surface area contributed by atoms with Crippen molar-refractivity contribution in [2.75, 3.05) is 0 Å². The van der Waals surface area contributed by atoms with Crippen LogP contribution < -0.4 is 0 Å². The summed E-state index contributed by atoms with van der Waals surface area (Å²) in [5.41, 5.74) is 1.16. The first-order valence-corrected chi connectivity index (χ1v) is 6.74. The largest absolute Gasteiger partial charge is 0.478 e. The SMILES string of the molecule is C=CC=C.C=CC=CC(C=Cc1ccccc1)C(=C)C(=O)O. The van der Waals surface area contributed by atoms with E-state index in [1.54, 1.807) is 30.4 Å². The molecule has 2 nitrogen and oxygen atoms in total. The zero-order chi connectivity index (χ0) is 16.8. The minimum atomic E-state index is -0.994. The summed E-state index contributed by atoms with van der Waals surface area (Å²) >= 11 is 0. The predicted octanol–water partition coefficient (Wildman–Crippen LogP) is 5.06. The van der Waals surface area contributed by atoms with Crippen molar-refractivity contribution in [3.63, 3.8) is 0 Å². The zero-order valence-corrected chi connectivity index (χ0v) is 12.7. The van der Waals surface area contributed by atoms with Gasteiger partial charge < -0.3 is 5.11 Å². The smallest absolute Gasteiger partial charge is 0.331 e. The first-order valence-electron chi connectivity index (χ1n) is 6.74. The Bertz CT molecular complexity index is 557. The van der Waals surface area contributed by atoms with Crippen LogP contribution in [0.5, 0.6) is 0 Å². The standard InChI is InChI=1S/C16H16O2.C4H6/c1-3-4-10-15(13(2)16(17)18)12-11-14-8-6-5-7-9-14;1-3-4-2/h3-12,15H,1-2H2,(H,17,18);3-4H,1-2H2. The van der Waals surface area contributed by atoms with E-state index >= 15 is 0 Å². The lowest BCUT2D eigenvalue weighted by Gasteiger charge is -2.07. The molecule has 0 aliphatic rings. The summed E-state index contributed by atoms with van der Waals surface area (Å²) in [5, 5.41) is 8.96. The third kappa shape index (κ3) is 8.33. The number of aliphatic carboxylic acids is 1. The van der Waals surface area contributed by atoms with E-state index in [-0.39, 0.29) is 11.5 Å². The van der Waals surface area contributed by atoms with Crippen LogP contribution in [0, 0.1) is 5.92 Å². The summed E-state index contributed by atoms with van der Waals surface area (Å²) in [7, 11) is 0. The molecule has 0 aromatic heterocycles. The Morgan fingerprint density at radius 2 is 1.59 bits per heavy atom. The molecule has 0 aliphatic carbocycles. The first-order chi connectivity index (χ1) is 10.6. The van der Waals surface area contributed by atoms with Gasteiger partial charge in [0.15, 0.2) is 0 Å². The molecule has 0 saturated carbocycles. The molecule has 114 valence electrons. The van der Waals surface area contributed by atoms with Crippen molar-refractivity contribution in [1.82, 2.24) is 0 Å². The predicted molar refractivity (Wildman–Crippen MR) is 95.5 cm³/mol. The van der Waals surface area contributed by atoms with Crippen molar-refractivity contribution in [3.05, 3.63) is 104 Å². The van der Waals surface area contributed by atoms with Crippen LogP contribution in [0.2, 0.25) is 0 Å². The molecule has 0 heterocycles. The van der Waals surface area contributed by atoms with Gasteiger partial charge in [0.05, 0.1) is 0 Å². The van der Waals surface area contributed by atoms with E-state index in [2.05, 4.69) is 26.3 Å². The van der Waals surface area contributed by atoms with Gasteiger partial charge >= 0.3 is 5.97 Å². The molecule has 1 N–H and O–H groups in total. The van der Waals surface area contributed by atoms with Crippen LogP contribution in [0.4, 0.5) is 0 Å². The van der Waals surface area contributed by atoms with Crippen molar-refractivity contribution in [2.45, 2.75) is 0 Å². The molecule has 22 heavy (non-hydrogen) atoms. The number of allylic oxidation sites excluding steroid dienone is 6. The van der Waals surface area contributed by atoms with E-state index in [4.69, 9.17) is 5.11 Å². The number of carboxylic acids is 1. The minimum absolute atomic E-state index is 0.139. The summed E-state index contributed by atoms with van der Waals surface area (Å²) in [5.74, 6) is -1.33. The first kappa shape index (κ1) is 19.1. The number of hydrogen-bond acceptors (Lipinski definition) is 1. The molecule has 0 spiro atoms. The lowest BCUT2D eigenvalue weighted by molar-refractivity contribution is -0.132. The van der Waals surface area contributed by atoms with E-state index in [1.807, 2.05) is 42.5 Å². The Morgan fingerprint density at radius 1 is 1.00 bits per heavy atom. The van der Waals surface area contributed by atoms with Crippen LogP contribution in [0.1, 0.15) is 5.56 Å². The highest BCUT2D eigenvalue weighted by molar-refractivity contribution is 5.87. The fourth-order valence-corrected chi connectivity index (χ4v) is 1.42. The van der Waals surface area contributed by atoms with Gasteiger partial charge in [0.25, 0.3) is 0 Å². The van der Waals surface area contributed by atoms with Crippen molar-refractivity contribution in [1.29, 1.82) is 0 Å². The monoisotopic (exact) mass is 294 g/mol. The van der Waals surface area contributed by atoms with E-state index in [0.717, 1.165) is 5.56 Å². The highest BCUT2D eigenvalue weighted by Crippen LogP contribution is 2.15. The van der Waals surface area contributed by atoms with Crippen LogP contribution in [0.3, 0.4) is 0 Å². The lowest BCUT2D eigenvalue weighted by Crippen LogP contribution is -2.07. The number of rotatable bonds is 7. The van der Waals surface area contributed by atoms with Crippen molar-refractivity contribution in [2.24, 2.45) is 5.92 Å². The maximum absolute atomic E-state index is 10.9. The number of hydrogen-bond donors (Lipinski definition) is 1. The van der Waals surface area contributed by atoms with Crippen molar-refractivity contribution in [3.8, 4) is 0 Å². The molecule has 1 rings (SSSR count). The number of carbonyl (C=O) groups is 1. The number of carboxylic acid groups (broad SMARTS) is 1. The maximum Gasteiger partial charge on any atom is 0.331 e. The molecular weight excluding hydrogens is 272 g/mol. The van der Waals surface area contributed by atoms with Crippen LogP contribution in [-0.4, -0.2) is 11.1 Å². The minimum Gasteiger partial charge on any atom is -0.478 e. The van der Waals surface area contributed by atoms with Crippen molar-refractivity contribution < 1.29 is 9.90 Å². The molecule has 0 aliphatic heterocycles. The summed E-state index contributed by atoms with van der Waals surface area (Å²) < 4.78 is 0. The summed E-state index contributed by atoms with van der Waals surface area (Å²) in [6.45, 7) is 13.9. The highest BCUT2D eigenvalue weighted by atomic mass is 16.4. The van der Waals surface area contributed by atoms with Crippen LogP contribution >= 0.6 is 0 Å². The Kier molecular flexibility index (Phi) is 10.4. The van der Waals surface area contributed by atoms with Gasteiger partial charge in [0.1, 0.15) is 0 Å². The lowest BCUT2D eigenvalue weighted by atomic mass is 9.98. The summed E-state index contributed by atoms with van der Waals surface area (Å²) in [4.78, 5) is 10.9. The molecule has 0 amide bonds. The van der Waals surface area contributed by atoms with E-state index < -0.39 is 5.97 Å². The molecule has 2 heteroatoms. The normalized spacial score (nSPS) is 11.3. The second-order valence-corrected chi connectivity index (χ2v) is 4.22. The fourth-order valence-electron chi connectivity index (χ4n) is 1.42. The fraction of sp³-hybridized carbons (Fsp3) is 0.0500. The van der Waals surface area contributed by atoms with Gasteiger partial charge in [-0.2, -0.15) is 0 Å². The van der Waals surface area contributed by atoms with Gasteiger partial charge in [0.2, 0.25) is 0 Å². The third-order valence-electron chi connectivity index (χ3n) is 2.59. The molecule has 0 bridgehead atoms. The van der Waals surface area contributed by atoms with Crippen LogP contribution in [0.25, 0.3) is 6.08 Å². The van der Waals surface area contributed by atoms with Crippen LogP contribution in [0.15, 0.2) is 98.7 Å². The second-order valence-electron chi connectivity index (χ2n) is 4.22. The van der Waals surface area contributed by atoms with E-state index in [1.165, 1.54) is 0 Å². The number of benzene rings is 1. The van der Waals surface area contributed by atoms with Gasteiger partial charge in [-0.15, -0.1) is 0 Å². The van der Waals surface area contributed by atoms with Gasteiger partial charge in [0, 0.05) is 11.5 Å². The molecule has 0 fully saturated rings. The van der Waals surface area contributed by atoms with Gasteiger partial charge in [-0.25, -0.2) is 4.79 Å². The molecule has 0 radical (unpaired) electrons. The Morgan fingerprint density at radius 3 is 2.05 bits per heavy atom. The van der Waals surface area contributed by atoms with Crippen molar-refractivity contribution >= 4 is 12.0 Å². The van der Waals surface area contributed by atoms with Gasteiger partial charge in [-0.3, -0.25) is 0 Å². The van der Waals surface area contributed by atoms with Gasteiger partial charge in [-0.1, -0.05) is 99.2 Å². The zero-order valence-electron chi connectivity index (χ0n) is 12.7. The summed E-state index contributed by atoms with van der Waals surface area (Å²) in [6.07, 6.45) is 12.0. The topological polar surface area (TPSA) is 37.3 Å². The third-order valence-corrected chi connectivity index (χ3v) is 2.59. The molecule has 0 saturated heterocycles. The van der Waals surface area contributed by atoms with Crippen LogP contribution in [-0.2, 0) is 4.79 Å². The summed E-state index contributed by atoms with van der Waals surface area (Å²) in [6, 6.07) is 9.70. The molecular formula is C20H22O2. The molecule has 1 unspecified atom stereocenters. The second kappa shape index (κ2) is 11.9. The Labute approximate surface area is 132 Å². The van der Waals surface area contributed by atoms with E-state index in [0.29, 0.717) is 0 Å². The Balaban J connectivity index is 0.000000980. The van der Waals surface area contributed by atoms with E-state index in [9.17, 15) is 4.79 Å². The molecule has 1 atom stereocenters. The quantitative estimate of drug-likeness (QED) is 0.564. The van der Waals surface area contributed by atoms with Gasteiger partial charge in [-0.05, 0) is 5.56 Å².